The van der Waals surface area contributed by atoms with E-state index in [1.807, 2.05) is 41.1 Å². The molecule has 136 valence electrons. The van der Waals surface area contributed by atoms with Crippen molar-refractivity contribution < 1.29 is 9.53 Å². The number of ether oxygens (including phenoxy) is 1. The Hall–Kier alpha value is -3.13. The number of nitrogens with zero attached hydrogens (tertiary/aromatic N) is 4. The molecule has 0 atom stereocenters. The lowest BCUT2D eigenvalue weighted by Crippen LogP contribution is -2.12. The molecule has 0 bridgehead atoms. The van der Waals surface area contributed by atoms with Crippen molar-refractivity contribution in [2.75, 3.05) is 5.32 Å². The van der Waals surface area contributed by atoms with Crippen molar-refractivity contribution in [1.82, 2.24) is 19.2 Å². The first kappa shape index (κ1) is 17.3. The van der Waals surface area contributed by atoms with Crippen LogP contribution in [0.4, 0.5) is 5.82 Å². The zero-order valence-electron chi connectivity index (χ0n) is 14.5. The lowest BCUT2D eigenvalue weighted by Gasteiger charge is -2.07. The average Bonchev–Trinajstić information content (AvgIpc) is 3.22. The molecule has 4 aromatic rings. The lowest BCUT2D eigenvalue weighted by molar-refractivity contribution is 0.102. The molecule has 1 aromatic carbocycles. The van der Waals surface area contributed by atoms with Crippen molar-refractivity contribution in [2.45, 2.75) is 6.61 Å². The van der Waals surface area contributed by atoms with Crippen LogP contribution in [-0.4, -0.2) is 25.1 Å². The Labute approximate surface area is 163 Å². The number of hydrogen-bond acceptors (Lipinski definition) is 4. The molecule has 4 rings (SSSR count). The monoisotopic (exact) mass is 425 g/mol. The number of imidazole rings is 1. The second-order valence-corrected chi connectivity index (χ2v) is 6.76. The quantitative estimate of drug-likeness (QED) is 0.529. The highest BCUT2D eigenvalue weighted by Gasteiger charge is 2.11. The van der Waals surface area contributed by atoms with Crippen LogP contribution in [-0.2, 0) is 13.7 Å². The van der Waals surface area contributed by atoms with E-state index >= 15 is 0 Å². The molecule has 7 nitrogen and oxygen atoms in total. The van der Waals surface area contributed by atoms with E-state index in [0.29, 0.717) is 23.7 Å². The standard InChI is InChI=1S/C19H16BrN5O2/c1-24-16(20)10-17(23-24)22-19(26)13-5-4-6-15(9-13)27-12-14-11-25-8-3-2-7-18(25)21-14/h2-11H,12H2,1H3,(H,22,23,26). The average molecular weight is 426 g/mol. The van der Waals surface area contributed by atoms with Gasteiger partial charge < -0.3 is 14.5 Å². The number of benzene rings is 1. The summed E-state index contributed by atoms with van der Waals surface area (Å²) >= 11 is 3.35. The number of anilines is 1. The van der Waals surface area contributed by atoms with Gasteiger partial charge in [-0.1, -0.05) is 12.1 Å². The van der Waals surface area contributed by atoms with Gasteiger partial charge in [0.1, 0.15) is 22.6 Å². The van der Waals surface area contributed by atoms with Crippen LogP contribution in [0.5, 0.6) is 5.75 Å². The van der Waals surface area contributed by atoms with Crippen molar-refractivity contribution in [2.24, 2.45) is 7.05 Å². The molecule has 0 radical (unpaired) electrons. The molecule has 0 spiro atoms. The summed E-state index contributed by atoms with van der Waals surface area (Å²) in [5.41, 5.74) is 2.17. The van der Waals surface area contributed by atoms with Crippen LogP contribution < -0.4 is 10.1 Å². The summed E-state index contributed by atoms with van der Waals surface area (Å²) in [5, 5.41) is 6.96. The summed E-state index contributed by atoms with van der Waals surface area (Å²) in [7, 11) is 1.79. The van der Waals surface area contributed by atoms with Crippen molar-refractivity contribution in [3.63, 3.8) is 0 Å². The van der Waals surface area contributed by atoms with Gasteiger partial charge in [0.25, 0.3) is 5.91 Å². The second-order valence-electron chi connectivity index (χ2n) is 5.94. The number of aromatic nitrogens is 4. The number of rotatable bonds is 5. The molecule has 1 N–H and O–H groups in total. The molecule has 0 aliphatic rings. The van der Waals surface area contributed by atoms with E-state index in [2.05, 4.69) is 31.3 Å². The molecule has 0 aliphatic heterocycles. The predicted molar refractivity (Wildman–Crippen MR) is 105 cm³/mol. The van der Waals surface area contributed by atoms with Crippen LogP contribution in [0, 0.1) is 0 Å². The van der Waals surface area contributed by atoms with Crippen LogP contribution >= 0.6 is 15.9 Å². The van der Waals surface area contributed by atoms with Crippen molar-refractivity contribution in [3.8, 4) is 5.75 Å². The van der Waals surface area contributed by atoms with Crippen LogP contribution in [0.15, 0.2) is 65.5 Å². The van der Waals surface area contributed by atoms with E-state index in [0.717, 1.165) is 15.9 Å². The number of nitrogens with one attached hydrogen (secondary N) is 1. The lowest BCUT2D eigenvalue weighted by atomic mass is 10.2. The molecule has 3 aromatic heterocycles. The first-order valence-electron chi connectivity index (χ1n) is 8.25. The third kappa shape index (κ3) is 3.85. The highest BCUT2D eigenvalue weighted by molar-refractivity contribution is 9.10. The third-order valence-electron chi connectivity index (χ3n) is 3.96. The van der Waals surface area contributed by atoms with Gasteiger partial charge in [-0.3, -0.25) is 9.48 Å². The van der Waals surface area contributed by atoms with Crippen molar-refractivity contribution in [3.05, 3.63) is 76.8 Å². The predicted octanol–water partition coefficient (Wildman–Crippen LogP) is 3.66. The van der Waals surface area contributed by atoms with E-state index in [1.165, 1.54) is 0 Å². The number of pyridine rings is 1. The second kappa shape index (κ2) is 7.24. The van der Waals surface area contributed by atoms with E-state index in [9.17, 15) is 4.79 Å². The van der Waals surface area contributed by atoms with E-state index < -0.39 is 0 Å². The van der Waals surface area contributed by atoms with Gasteiger partial charge in [0.15, 0.2) is 5.82 Å². The fourth-order valence-electron chi connectivity index (χ4n) is 2.64. The number of carbonyl (C=O) groups is 1. The van der Waals surface area contributed by atoms with Gasteiger partial charge in [0, 0.05) is 31.1 Å². The summed E-state index contributed by atoms with van der Waals surface area (Å²) in [6, 6.07) is 14.6. The number of aryl methyl sites for hydroxylation is 1. The van der Waals surface area contributed by atoms with Gasteiger partial charge >= 0.3 is 0 Å². The largest absolute Gasteiger partial charge is 0.487 e. The fourth-order valence-corrected chi connectivity index (χ4v) is 2.93. The number of amides is 1. The smallest absolute Gasteiger partial charge is 0.256 e. The zero-order chi connectivity index (χ0) is 18.8. The van der Waals surface area contributed by atoms with E-state index in [-0.39, 0.29) is 5.91 Å². The molecular weight excluding hydrogens is 410 g/mol. The Morgan fingerprint density at radius 3 is 2.89 bits per heavy atom. The maximum absolute atomic E-state index is 12.4. The summed E-state index contributed by atoms with van der Waals surface area (Å²) in [4.78, 5) is 16.9. The summed E-state index contributed by atoms with van der Waals surface area (Å²) in [6.07, 6.45) is 3.86. The summed E-state index contributed by atoms with van der Waals surface area (Å²) in [6.45, 7) is 0.319. The molecule has 0 unspecified atom stereocenters. The Kier molecular flexibility index (Phi) is 4.64. The Morgan fingerprint density at radius 2 is 2.11 bits per heavy atom. The third-order valence-corrected chi connectivity index (χ3v) is 4.70. The van der Waals surface area contributed by atoms with Crippen molar-refractivity contribution in [1.29, 1.82) is 0 Å². The van der Waals surface area contributed by atoms with Gasteiger partial charge in [-0.25, -0.2) is 4.98 Å². The Morgan fingerprint density at radius 1 is 1.22 bits per heavy atom. The maximum atomic E-state index is 12.4. The maximum Gasteiger partial charge on any atom is 0.256 e. The van der Waals surface area contributed by atoms with Gasteiger partial charge in [0.2, 0.25) is 0 Å². The van der Waals surface area contributed by atoms with E-state index in [1.54, 1.807) is 36.0 Å². The van der Waals surface area contributed by atoms with E-state index in [4.69, 9.17) is 4.74 Å². The first-order chi connectivity index (χ1) is 13.1. The molecule has 0 saturated heterocycles. The molecule has 0 saturated carbocycles. The van der Waals surface area contributed by atoms with Crippen molar-refractivity contribution >= 4 is 33.3 Å². The SMILES string of the molecule is Cn1nc(NC(=O)c2cccc(OCc3cn4ccccc4n3)c2)cc1Br. The molecule has 8 heteroatoms. The number of carbonyl (C=O) groups excluding carboxylic acids is 1. The minimum absolute atomic E-state index is 0.251. The van der Waals surface area contributed by atoms with Crippen LogP contribution in [0.3, 0.4) is 0 Å². The minimum Gasteiger partial charge on any atom is -0.487 e. The fraction of sp³-hybridized carbons (Fsp3) is 0.105. The Bertz CT molecular complexity index is 1070. The molecule has 3 heterocycles. The molecule has 1 amide bonds. The van der Waals surface area contributed by atoms with Gasteiger partial charge in [-0.2, -0.15) is 5.10 Å². The zero-order valence-corrected chi connectivity index (χ0v) is 16.0. The normalized spacial score (nSPS) is 10.9. The highest BCUT2D eigenvalue weighted by Crippen LogP contribution is 2.18. The highest BCUT2D eigenvalue weighted by atomic mass is 79.9. The van der Waals surface area contributed by atoms with Gasteiger partial charge in [-0.15, -0.1) is 0 Å². The topological polar surface area (TPSA) is 73.5 Å². The summed E-state index contributed by atoms with van der Waals surface area (Å²) < 4.78 is 10.1. The van der Waals surface area contributed by atoms with Crippen LogP contribution in [0.1, 0.15) is 16.1 Å². The van der Waals surface area contributed by atoms with Gasteiger partial charge in [0.05, 0.1) is 5.69 Å². The van der Waals surface area contributed by atoms with Crippen LogP contribution in [0.2, 0.25) is 0 Å². The minimum atomic E-state index is -0.251. The molecule has 0 aliphatic carbocycles. The molecule has 0 fully saturated rings. The first-order valence-corrected chi connectivity index (χ1v) is 9.04. The molecular formula is C19H16BrN5O2. The Balaban J connectivity index is 1.44. The number of hydrogen-bond donors (Lipinski definition) is 1. The van der Waals surface area contributed by atoms with Crippen LogP contribution in [0.25, 0.3) is 5.65 Å². The number of halogens is 1. The van der Waals surface area contributed by atoms with Gasteiger partial charge in [-0.05, 0) is 46.3 Å². The summed E-state index contributed by atoms with van der Waals surface area (Å²) in [5.74, 6) is 0.825. The molecule has 27 heavy (non-hydrogen) atoms. The number of fused-ring (bicyclic) bond motifs is 1.